The molecule has 1 aliphatic rings. The van der Waals surface area contributed by atoms with Gasteiger partial charge in [0.05, 0.1) is 13.2 Å². The molecule has 1 aliphatic heterocycles. The quantitative estimate of drug-likeness (QED) is 0.351. The van der Waals surface area contributed by atoms with Gasteiger partial charge in [-0.05, 0) is 12.8 Å². The summed E-state index contributed by atoms with van der Waals surface area (Å²) in [5.74, 6) is 6.64. The Morgan fingerprint density at radius 2 is 1.75 bits per heavy atom. The third-order valence-corrected chi connectivity index (χ3v) is 3.15. The van der Waals surface area contributed by atoms with Crippen LogP contribution in [0.3, 0.4) is 0 Å². The van der Waals surface area contributed by atoms with Gasteiger partial charge in [0.15, 0.2) is 0 Å². The number of rotatable bonds is 7. The summed E-state index contributed by atoms with van der Waals surface area (Å²) in [5, 5.41) is 18.2. The van der Waals surface area contributed by atoms with Crippen molar-refractivity contribution in [3.8, 4) is 0 Å². The van der Waals surface area contributed by atoms with Crippen LogP contribution in [0.15, 0.2) is 0 Å². The van der Waals surface area contributed by atoms with Gasteiger partial charge in [0.25, 0.3) is 0 Å². The van der Waals surface area contributed by atoms with E-state index in [9.17, 15) is 0 Å². The minimum Gasteiger partial charge on any atom is -0.395 e. The Balaban J connectivity index is 2.27. The van der Waals surface area contributed by atoms with Gasteiger partial charge in [-0.2, -0.15) is 15.0 Å². The van der Waals surface area contributed by atoms with E-state index in [1.54, 1.807) is 4.90 Å². The maximum atomic E-state index is 9.09. The third-order valence-electron chi connectivity index (χ3n) is 3.15. The van der Waals surface area contributed by atoms with Gasteiger partial charge in [0, 0.05) is 26.2 Å². The number of aliphatic hydroxyl groups is 2. The summed E-state index contributed by atoms with van der Waals surface area (Å²) in [4.78, 5) is 16.6. The van der Waals surface area contributed by atoms with Gasteiger partial charge in [0.2, 0.25) is 17.8 Å². The molecular weight excluding hydrogens is 262 g/mol. The van der Waals surface area contributed by atoms with Crippen LogP contribution in [0, 0.1) is 0 Å². The van der Waals surface area contributed by atoms with Crippen LogP contribution in [0.25, 0.3) is 0 Å². The first-order chi connectivity index (χ1) is 9.78. The molecule has 2 rings (SSSR count). The van der Waals surface area contributed by atoms with Gasteiger partial charge in [-0.3, -0.25) is 5.43 Å². The van der Waals surface area contributed by atoms with Crippen LogP contribution in [0.2, 0.25) is 0 Å². The molecular formula is C11H21N7O2. The van der Waals surface area contributed by atoms with Crippen LogP contribution in [0.1, 0.15) is 12.8 Å². The second-order valence-corrected chi connectivity index (χ2v) is 4.53. The molecule has 9 heteroatoms. The van der Waals surface area contributed by atoms with E-state index in [1.165, 1.54) is 0 Å². The molecule has 0 unspecified atom stereocenters. The number of aliphatic hydroxyl groups excluding tert-OH is 2. The van der Waals surface area contributed by atoms with E-state index in [-0.39, 0.29) is 19.2 Å². The zero-order valence-corrected chi connectivity index (χ0v) is 11.4. The molecule has 0 amide bonds. The molecule has 1 aromatic rings. The maximum Gasteiger partial charge on any atom is 0.243 e. The molecule has 5 N–H and O–H groups in total. The maximum absolute atomic E-state index is 9.09. The van der Waals surface area contributed by atoms with E-state index in [1.807, 2.05) is 0 Å². The largest absolute Gasteiger partial charge is 0.395 e. The van der Waals surface area contributed by atoms with Gasteiger partial charge < -0.3 is 20.0 Å². The van der Waals surface area contributed by atoms with Crippen LogP contribution in [-0.4, -0.2) is 64.6 Å². The van der Waals surface area contributed by atoms with Gasteiger partial charge in [-0.25, -0.2) is 5.84 Å². The van der Waals surface area contributed by atoms with E-state index < -0.39 is 0 Å². The van der Waals surface area contributed by atoms with Crippen LogP contribution < -0.4 is 21.1 Å². The van der Waals surface area contributed by atoms with Crippen molar-refractivity contribution in [2.45, 2.75) is 12.8 Å². The fraction of sp³-hybridized carbons (Fsp3) is 0.727. The molecule has 0 saturated carbocycles. The predicted octanol–water partition coefficient (Wildman–Crippen LogP) is -1.45. The van der Waals surface area contributed by atoms with Crippen LogP contribution >= 0.6 is 0 Å². The summed E-state index contributed by atoms with van der Waals surface area (Å²) in [6.07, 6.45) is 2.23. The first kappa shape index (κ1) is 14.7. The molecule has 0 aliphatic carbocycles. The van der Waals surface area contributed by atoms with Crippen molar-refractivity contribution in [1.82, 2.24) is 15.0 Å². The fourth-order valence-corrected chi connectivity index (χ4v) is 2.17. The molecule has 2 heterocycles. The molecule has 0 bridgehead atoms. The van der Waals surface area contributed by atoms with Gasteiger partial charge in [0.1, 0.15) is 0 Å². The number of nitrogens with zero attached hydrogens (tertiary/aromatic N) is 5. The molecule has 0 atom stereocenters. The van der Waals surface area contributed by atoms with Crippen molar-refractivity contribution >= 4 is 17.8 Å². The molecule has 1 saturated heterocycles. The molecule has 1 fully saturated rings. The minimum absolute atomic E-state index is 0.0455. The number of nitrogens with one attached hydrogen (secondary N) is 1. The average Bonchev–Trinajstić information content (AvgIpc) is 3.01. The number of aromatic nitrogens is 3. The molecule has 0 radical (unpaired) electrons. The molecule has 0 aromatic carbocycles. The highest BCUT2D eigenvalue weighted by Gasteiger charge is 2.19. The summed E-state index contributed by atoms with van der Waals surface area (Å²) in [7, 11) is 0. The van der Waals surface area contributed by atoms with E-state index in [2.05, 4.69) is 25.3 Å². The fourth-order valence-electron chi connectivity index (χ4n) is 2.17. The summed E-state index contributed by atoms with van der Waals surface area (Å²) in [5.41, 5.74) is 2.43. The topological polar surface area (TPSA) is 124 Å². The average molecular weight is 283 g/mol. The highest BCUT2D eigenvalue weighted by molar-refractivity contribution is 5.45. The lowest BCUT2D eigenvalue weighted by molar-refractivity contribution is 0.280. The Bertz CT molecular complexity index is 419. The Labute approximate surface area is 117 Å². The normalized spacial score (nSPS) is 14.7. The molecule has 20 heavy (non-hydrogen) atoms. The van der Waals surface area contributed by atoms with E-state index in [0.717, 1.165) is 25.9 Å². The third kappa shape index (κ3) is 3.44. The lowest BCUT2D eigenvalue weighted by atomic mass is 10.4. The molecule has 0 spiro atoms. The number of nitrogens with two attached hydrogens (primary N) is 1. The lowest BCUT2D eigenvalue weighted by Gasteiger charge is -2.23. The Morgan fingerprint density at radius 3 is 2.30 bits per heavy atom. The smallest absolute Gasteiger partial charge is 0.243 e. The number of anilines is 3. The first-order valence-electron chi connectivity index (χ1n) is 6.72. The number of hydrogen-bond donors (Lipinski definition) is 4. The van der Waals surface area contributed by atoms with Crippen LogP contribution in [0.5, 0.6) is 0 Å². The van der Waals surface area contributed by atoms with E-state index >= 15 is 0 Å². The summed E-state index contributed by atoms with van der Waals surface area (Å²) < 4.78 is 0. The minimum atomic E-state index is -0.0455. The summed E-state index contributed by atoms with van der Waals surface area (Å²) >= 11 is 0. The van der Waals surface area contributed by atoms with Gasteiger partial charge in [-0.15, -0.1) is 0 Å². The van der Waals surface area contributed by atoms with Crippen LogP contribution in [0.4, 0.5) is 17.8 Å². The monoisotopic (exact) mass is 283 g/mol. The zero-order chi connectivity index (χ0) is 14.4. The SMILES string of the molecule is NNc1nc(N(CCO)CCO)nc(N2CCCC2)n1. The highest BCUT2D eigenvalue weighted by atomic mass is 16.3. The summed E-state index contributed by atoms with van der Waals surface area (Å²) in [6.45, 7) is 2.41. The zero-order valence-electron chi connectivity index (χ0n) is 11.4. The Hall–Kier alpha value is -1.71. The first-order valence-corrected chi connectivity index (χ1v) is 6.72. The van der Waals surface area contributed by atoms with Crippen molar-refractivity contribution in [1.29, 1.82) is 0 Å². The van der Waals surface area contributed by atoms with E-state index in [4.69, 9.17) is 16.1 Å². The number of hydrazine groups is 1. The van der Waals surface area contributed by atoms with Crippen molar-refractivity contribution in [3.05, 3.63) is 0 Å². The predicted molar refractivity (Wildman–Crippen MR) is 75.5 cm³/mol. The highest BCUT2D eigenvalue weighted by Crippen LogP contribution is 2.19. The van der Waals surface area contributed by atoms with Crippen molar-refractivity contribution < 1.29 is 10.2 Å². The Morgan fingerprint density at radius 1 is 1.10 bits per heavy atom. The summed E-state index contributed by atoms with van der Waals surface area (Å²) in [6, 6.07) is 0. The number of hydrogen-bond acceptors (Lipinski definition) is 9. The Kier molecular flexibility index (Phi) is 5.27. The van der Waals surface area contributed by atoms with Crippen molar-refractivity contribution in [2.75, 3.05) is 54.6 Å². The van der Waals surface area contributed by atoms with Crippen molar-refractivity contribution in [2.24, 2.45) is 5.84 Å². The number of nitrogen functional groups attached to an aromatic ring is 1. The standard InChI is InChI=1S/C11H21N7O2/c12-16-9-13-10(17-3-1-2-4-17)15-11(14-9)18(5-7-19)6-8-20/h19-20H,1-8,12H2,(H,13,14,15,16). The molecule has 9 nitrogen and oxygen atoms in total. The molecule has 112 valence electrons. The van der Waals surface area contributed by atoms with Crippen molar-refractivity contribution in [3.63, 3.8) is 0 Å². The second kappa shape index (κ2) is 7.17. The lowest BCUT2D eigenvalue weighted by Crippen LogP contribution is -2.33. The van der Waals surface area contributed by atoms with Gasteiger partial charge in [-0.1, -0.05) is 0 Å². The van der Waals surface area contributed by atoms with Crippen LogP contribution in [-0.2, 0) is 0 Å². The molecule has 1 aromatic heterocycles. The van der Waals surface area contributed by atoms with Gasteiger partial charge >= 0.3 is 0 Å². The van der Waals surface area contributed by atoms with E-state index in [0.29, 0.717) is 25.0 Å². The second-order valence-electron chi connectivity index (χ2n) is 4.53.